The summed E-state index contributed by atoms with van der Waals surface area (Å²) in [6.07, 6.45) is -0.654. The average Bonchev–Trinajstić information content (AvgIpc) is 2.44. The number of halogens is 1. The van der Waals surface area contributed by atoms with E-state index in [0.29, 0.717) is 6.54 Å². The van der Waals surface area contributed by atoms with Crippen molar-refractivity contribution in [2.24, 2.45) is 0 Å². The Morgan fingerprint density at radius 1 is 1.22 bits per heavy atom. The van der Waals surface area contributed by atoms with Gasteiger partial charge in [-0.1, -0.05) is 28.1 Å². The summed E-state index contributed by atoms with van der Waals surface area (Å²) in [5, 5.41) is 5.28. The van der Waals surface area contributed by atoms with Gasteiger partial charge >= 0.3 is 6.09 Å². The summed E-state index contributed by atoms with van der Waals surface area (Å²) in [4.78, 5) is 24.0. The highest BCUT2D eigenvalue weighted by atomic mass is 79.9. The first-order valence-corrected chi connectivity index (χ1v) is 8.01. The first-order chi connectivity index (χ1) is 10.7. The molecule has 0 spiro atoms. The van der Waals surface area contributed by atoms with Crippen LogP contribution >= 0.6 is 15.9 Å². The summed E-state index contributed by atoms with van der Waals surface area (Å²) in [6, 6.07) is 6.78. The lowest BCUT2D eigenvalue weighted by Gasteiger charge is -2.23. The van der Waals surface area contributed by atoms with Gasteiger partial charge in [0.2, 0.25) is 5.91 Å². The smallest absolute Gasteiger partial charge is 0.408 e. The predicted molar refractivity (Wildman–Crippen MR) is 91.0 cm³/mol. The second-order valence-electron chi connectivity index (χ2n) is 6.00. The summed E-state index contributed by atoms with van der Waals surface area (Å²) in [5.74, 6) is -0.333. The highest BCUT2D eigenvalue weighted by Crippen LogP contribution is 2.10. The van der Waals surface area contributed by atoms with E-state index in [4.69, 9.17) is 9.47 Å². The molecule has 2 N–H and O–H groups in total. The van der Waals surface area contributed by atoms with E-state index in [-0.39, 0.29) is 12.5 Å². The molecule has 0 aliphatic heterocycles. The van der Waals surface area contributed by atoms with E-state index >= 15 is 0 Å². The van der Waals surface area contributed by atoms with Crippen LogP contribution in [0.15, 0.2) is 28.7 Å². The molecule has 0 aliphatic carbocycles. The van der Waals surface area contributed by atoms with E-state index in [1.807, 2.05) is 24.3 Å². The molecular weight excluding hydrogens is 364 g/mol. The Hall–Kier alpha value is -1.60. The van der Waals surface area contributed by atoms with Crippen molar-refractivity contribution in [3.8, 4) is 0 Å². The molecule has 6 nitrogen and oxygen atoms in total. The predicted octanol–water partition coefficient (Wildman–Crippen LogP) is 2.61. The maximum atomic E-state index is 12.2. The topological polar surface area (TPSA) is 76.7 Å². The molecule has 7 heteroatoms. The number of alkyl carbamates (subject to hydrolysis) is 1. The standard InChI is InChI=1S/C16H23BrN2O4/c1-16(2,3)23-15(21)19-13(10-22-4)14(20)18-9-11-5-7-12(17)8-6-11/h5-8,13H,9-10H2,1-4H3,(H,18,20)(H,19,21)/t13-/m1/s1. The molecule has 0 radical (unpaired) electrons. The molecule has 1 atom stereocenters. The summed E-state index contributed by atoms with van der Waals surface area (Å²) in [7, 11) is 1.46. The van der Waals surface area contributed by atoms with Gasteiger partial charge in [-0.05, 0) is 38.5 Å². The highest BCUT2D eigenvalue weighted by Gasteiger charge is 2.24. The molecule has 1 aromatic rings. The van der Waals surface area contributed by atoms with Crippen LogP contribution in [0.1, 0.15) is 26.3 Å². The van der Waals surface area contributed by atoms with E-state index in [2.05, 4.69) is 26.6 Å². The molecule has 23 heavy (non-hydrogen) atoms. The zero-order chi connectivity index (χ0) is 17.5. The molecule has 2 amide bonds. The number of amides is 2. The average molecular weight is 387 g/mol. The van der Waals surface area contributed by atoms with E-state index in [1.165, 1.54) is 7.11 Å². The number of hydrogen-bond donors (Lipinski definition) is 2. The maximum absolute atomic E-state index is 12.2. The van der Waals surface area contributed by atoms with Crippen LogP contribution in [0.3, 0.4) is 0 Å². The summed E-state index contributed by atoms with van der Waals surface area (Å²) < 4.78 is 11.1. The van der Waals surface area contributed by atoms with Gasteiger partial charge in [0.1, 0.15) is 11.6 Å². The van der Waals surface area contributed by atoms with Crippen molar-refractivity contribution in [2.75, 3.05) is 13.7 Å². The number of ether oxygens (including phenoxy) is 2. The third-order valence-electron chi connectivity index (χ3n) is 2.72. The Morgan fingerprint density at radius 2 is 1.83 bits per heavy atom. The van der Waals surface area contributed by atoms with Gasteiger partial charge in [0.15, 0.2) is 0 Å². The van der Waals surface area contributed by atoms with Gasteiger partial charge in [0, 0.05) is 18.1 Å². The number of rotatable bonds is 6. The molecule has 128 valence electrons. The first kappa shape index (κ1) is 19.4. The van der Waals surface area contributed by atoms with Gasteiger partial charge in [-0.2, -0.15) is 0 Å². The fourth-order valence-corrected chi connectivity index (χ4v) is 1.98. The lowest BCUT2D eigenvalue weighted by molar-refractivity contribution is -0.124. The minimum Gasteiger partial charge on any atom is -0.444 e. The van der Waals surface area contributed by atoms with Crippen LogP contribution in [-0.4, -0.2) is 37.4 Å². The summed E-state index contributed by atoms with van der Waals surface area (Å²) in [5.41, 5.74) is 0.324. The quantitative estimate of drug-likeness (QED) is 0.787. The van der Waals surface area contributed by atoms with Crippen molar-refractivity contribution >= 4 is 27.9 Å². The molecule has 0 bridgehead atoms. The Kier molecular flexibility index (Phi) is 7.51. The third-order valence-corrected chi connectivity index (χ3v) is 3.25. The van der Waals surface area contributed by atoms with E-state index in [1.54, 1.807) is 20.8 Å². The number of hydrogen-bond acceptors (Lipinski definition) is 4. The van der Waals surface area contributed by atoms with Crippen molar-refractivity contribution in [3.05, 3.63) is 34.3 Å². The number of benzene rings is 1. The SMILES string of the molecule is COC[C@@H](NC(=O)OC(C)(C)C)C(=O)NCc1ccc(Br)cc1. The minimum absolute atomic E-state index is 0.0609. The van der Waals surface area contributed by atoms with Crippen LogP contribution in [0, 0.1) is 0 Å². The van der Waals surface area contributed by atoms with Crippen LogP contribution in [0.2, 0.25) is 0 Å². The second kappa shape index (κ2) is 8.88. The minimum atomic E-state index is -0.815. The van der Waals surface area contributed by atoms with Gasteiger partial charge in [0.05, 0.1) is 6.61 Å². The Balaban J connectivity index is 2.56. The van der Waals surface area contributed by atoms with Crippen LogP contribution in [0.5, 0.6) is 0 Å². The van der Waals surface area contributed by atoms with Crippen molar-refractivity contribution < 1.29 is 19.1 Å². The zero-order valence-corrected chi connectivity index (χ0v) is 15.4. The second-order valence-corrected chi connectivity index (χ2v) is 6.91. The van der Waals surface area contributed by atoms with Gasteiger partial charge in [0.25, 0.3) is 0 Å². The maximum Gasteiger partial charge on any atom is 0.408 e. The van der Waals surface area contributed by atoms with Crippen molar-refractivity contribution in [1.29, 1.82) is 0 Å². The normalized spacial score (nSPS) is 12.4. The van der Waals surface area contributed by atoms with E-state index in [0.717, 1.165) is 10.0 Å². The molecule has 0 saturated heterocycles. The fraction of sp³-hybridized carbons (Fsp3) is 0.500. The number of nitrogens with one attached hydrogen (secondary N) is 2. The molecule has 0 fully saturated rings. The largest absolute Gasteiger partial charge is 0.444 e. The highest BCUT2D eigenvalue weighted by molar-refractivity contribution is 9.10. The van der Waals surface area contributed by atoms with Crippen LogP contribution in [0.4, 0.5) is 4.79 Å². The first-order valence-electron chi connectivity index (χ1n) is 7.22. The summed E-state index contributed by atoms with van der Waals surface area (Å²) in [6.45, 7) is 5.69. The number of methoxy groups -OCH3 is 1. The zero-order valence-electron chi connectivity index (χ0n) is 13.8. The lowest BCUT2D eigenvalue weighted by atomic mass is 10.2. The number of carbonyl (C=O) groups is 2. The molecule has 0 saturated carbocycles. The molecule has 1 aromatic carbocycles. The van der Waals surface area contributed by atoms with Crippen LogP contribution in [0.25, 0.3) is 0 Å². The van der Waals surface area contributed by atoms with Gasteiger partial charge in [-0.3, -0.25) is 4.79 Å². The Morgan fingerprint density at radius 3 is 2.35 bits per heavy atom. The molecule has 0 unspecified atom stereocenters. The van der Waals surface area contributed by atoms with Gasteiger partial charge < -0.3 is 20.1 Å². The van der Waals surface area contributed by atoms with Crippen molar-refractivity contribution in [1.82, 2.24) is 10.6 Å². The van der Waals surface area contributed by atoms with Crippen molar-refractivity contribution in [2.45, 2.75) is 39.0 Å². The molecular formula is C16H23BrN2O4. The lowest BCUT2D eigenvalue weighted by Crippen LogP contribution is -2.50. The number of carbonyl (C=O) groups excluding carboxylic acids is 2. The molecule has 1 rings (SSSR count). The van der Waals surface area contributed by atoms with E-state index < -0.39 is 17.7 Å². The molecule has 0 aromatic heterocycles. The Labute approximate surface area is 145 Å². The van der Waals surface area contributed by atoms with Crippen LogP contribution < -0.4 is 10.6 Å². The van der Waals surface area contributed by atoms with Gasteiger partial charge in [-0.25, -0.2) is 4.79 Å². The van der Waals surface area contributed by atoms with Crippen LogP contribution in [-0.2, 0) is 20.8 Å². The monoisotopic (exact) mass is 386 g/mol. The van der Waals surface area contributed by atoms with E-state index in [9.17, 15) is 9.59 Å². The Bertz CT molecular complexity index is 526. The molecule has 0 heterocycles. The third kappa shape index (κ3) is 7.99. The molecule has 0 aliphatic rings. The summed E-state index contributed by atoms with van der Waals surface area (Å²) >= 11 is 3.35. The van der Waals surface area contributed by atoms with Gasteiger partial charge in [-0.15, -0.1) is 0 Å². The van der Waals surface area contributed by atoms with Crippen molar-refractivity contribution in [3.63, 3.8) is 0 Å². The fourth-order valence-electron chi connectivity index (χ4n) is 1.71.